The first-order valence-corrected chi connectivity index (χ1v) is 7.94. The molecule has 2 atom stereocenters. The zero-order valence-corrected chi connectivity index (χ0v) is 12.3. The molecule has 1 saturated carbocycles. The second kappa shape index (κ2) is 5.67. The van der Waals surface area contributed by atoms with E-state index in [1.165, 1.54) is 13.0 Å². The molecule has 1 aliphatic carbocycles. The molecule has 112 valence electrons. The number of methoxy groups -OCH3 is 1. The van der Waals surface area contributed by atoms with Crippen LogP contribution in [0.15, 0.2) is 17.0 Å². The Kier molecular flexibility index (Phi) is 4.31. The third-order valence-electron chi connectivity index (χ3n) is 3.63. The molecule has 5 nitrogen and oxygen atoms in total. The van der Waals surface area contributed by atoms with Crippen LogP contribution in [0.4, 0.5) is 10.1 Å². The summed E-state index contributed by atoms with van der Waals surface area (Å²) < 4.78 is 46.0. The molecular formula is C13H19FN2O3S. The maximum atomic E-state index is 13.5. The molecule has 0 bridgehead atoms. The predicted octanol–water partition coefficient (Wildman–Crippen LogP) is 1.56. The summed E-state index contributed by atoms with van der Waals surface area (Å²) in [4.78, 5) is -0.0179. The number of halogens is 1. The van der Waals surface area contributed by atoms with Crippen LogP contribution < -0.4 is 10.5 Å². The van der Waals surface area contributed by atoms with Gasteiger partial charge in [0.25, 0.3) is 0 Å². The highest BCUT2D eigenvalue weighted by atomic mass is 32.2. The molecule has 0 aromatic heterocycles. The van der Waals surface area contributed by atoms with Crippen LogP contribution in [0.5, 0.6) is 0 Å². The molecular weight excluding hydrogens is 283 g/mol. The molecule has 0 radical (unpaired) electrons. The second-order valence-corrected chi connectivity index (χ2v) is 6.79. The zero-order valence-electron chi connectivity index (χ0n) is 11.5. The van der Waals surface area contributed by atoms with E-state index in [9.17, 15) is 12.8 Å². The summed E-state index contributed by atoms with van der Waals surface area (Å²) in [7, 11) is -2.16. The summed E-state index contributed by atoms with van der Waals surface area (Å²) in [6.45, 7) is 1.48. The molecule has 2 rings (SSSR count). The molecule has 1 fully saturated rings. The van der Waals surface area contributed by atoms with Gasteiger partial charge >= 0.3 is 0 Å². The van der Waals surface area contributed by atoms with Crippen molar-refractivity contribution in [1.82, 2.24) is 4.72 Å². The molecule has 2 unspecified atom stereocenters. The Balaban J connectivity index is 2.27. The van der Waals surface area contributed by atoms with Crippen molar-refractivity contribution >= 4 is 15.7 Å². The molecule has 20 heavy (non-hydrogen) atoms. The Morgan fingerprint density at radius 1 is 1.40 bits per heavy atom. The maximum Gasteiger partial charge on any atom is 0.240 e. The third-order valence-corrected chi connectivity index (χ3v) is 5.10. The van der Waals surface area contributed by atoms with Gasteiger partial charge in [-0.25, -0.2) is 17.5 Å². The Morgan fingerprint density at radius 2 is 2.10 bits per heavy atom. The van der Waals surface area contributed by atoms with E-state index >= 15 is 0 Å². The lowest BCUT2D eigenvalue weighted by Gasteiger charge is -2.20. The molecule has 0 spiro atoms. The van der Waals surface area contributed by atoms with Gasteiger partial charge < -0.3 is 10.5 Å². The summed E-state index contributed by atoms with van der Waals surface area (Å²) in [5.74, 6) is -0.584. The first-order chi connectivity index (χ1) is 9.35. The van der Waals surface area contributed by atoms with Crippen LogP contribution in [-0.2, 0) is 14.8 Å². The Labute approximate surface area is 118 Å². The summed E-state index contributed by atoms with van der Waals surface area (Å²) in [6, 6.07) is 2.17. The summed E-state index contributed by atoms with van der Waals surface area (Å²) >= 11 is 0. The van der Waals surface area contributed by atoms with Crippen LogP contribution in [0, 0.1) is 12.7 Å². The standard InChI is InChI=1S/C13H19FN2O3S/c1-8-6-9(7-10(15)13(8)14)20(17,18)16-11-4-3-5-12(11)19-2/h6-7,11-12,16H,3-5,15H2,1-2H3. The van der Waals surface area contributed by atoms with Crippen LogP contribution >= 0.6 is 0 Å². The lowest BCUT2D eigenvalue weighted by molar-refractivity contribution is 0.0916. The van der Waals surface area contributed by atoms with Gasteiger partial charge in [-0.2, -0.15) is 0 Å². The van der Waals surface area contributed by atoms with Crippen LogP contribution in [-0.4, -0.2) is 27.7 Å². The number of ether oxygens (including phenoxy) is 1. The number of hydrogen-bond acceptors (Lipinski definition) is 4. The minimum Gasteiger partial charge on any atom is -0.396 e. The van der Waals surface area contributed by atoms with Gasteiger partial charge in [-0.15, -0.1) is 0 Å². The summed E-state index contributed by atoms with van der Waals surface area (Å²) in [5, 5.41) is 0. The minimum atomic E-state index is -3.73. The van der Waals surface area contributed by atoms with Gasteiger partial charge in [0.15, 0.2) is 0 Å². The topological polar surface area (TPSA) is 81.4 Å². The van der Waals surface area contributed by atoms with Crippen molar-refractivity contribution in [2.24, 2.45) is 0 Å². The lowest BCUT2D eigenvalue weighted by atomic mass is 10.2. The van der Waals surface area contributed by atoms with Crippen molar-refractivity contribution in [1.29, 1.82) is 0 Å². The largest absolute Gasteiger partial charge is 0.396 e. The highest BCUT2D eigenvalue weighted by Crippen LogP contribution is 2.25. The van der Waals surface area contributed by atoms with Gasteiger partial charge in [0, 0.05) is 13.2 Å². The van der Waals surface area contributed by atoms with Gasteiger partial charge in [-0.1, -0.05) is 0 Å². The van der Waals surface area contributed by atoms with Crippen molar-refractivity contribution in [2.75, 3.05) is 12.8 Å². The molecule has 1 aromatic rings. The fourth-order valence-corrected chi connectivity index (χ4v) is 3.95. The average molecular weight is 302 g/mol. The number of rotatable bonds is 4. The number of nitrogens with one attached hydrogen (secondary N) is 1. The number of aryl methyl sites for hydroxylation is 1. The number of nitrogens with two attached hydrogens (primary N) is 1. The van der Waals surface area contributed by atoms with Gasteiger partial charge in [0.05, 0.1) is 16.7 Å². The van der Waals surface area contributed by atoms with Gasteiger partial charge in [-0.3, -0.25) is 0 Å². The molecule has 0 aliphatic heterocycles. The molecule has 7 heteroatoms. The normalized spacial score (nSPS) is 23.1. The van der Waals surface area contributed by atoms with E-state index in [-0.39, 0.29) is 28.3 Å². The molecule has 0 heterocycles. The quantitative estimate of drug-likeness (QED) is 0.827. The number of anilines is 1. The van der Waals surface area contributed by atoms with Crippen LogP contribution in [0.1, 0.15) is 24.8 Å². The lowest BCUT2D eigenvalue weighted by Crippen LogP contribution is -2.40. The number of benzene rings is 1. The first kappa shape index (κ1) is 15.2. The molecule has 1 aliphatic rings. The number of nitrogen functional groups attached to an aromatic ring is 1. The van der Waals surface area contributed by atoms with Gasteiger partial charge in [0.2, 0.25) is 10.0 Å². The maximum absolute atomic E-state index is 13.5. The fraction of sp³-hybridized carbons (Fsp3) is 0.538. The molecule has 3 N–H and O–H groups in total. The van der Waals surface area contributed by atoms with E-state index < -0.39 is 15.8 Å². The van der Waals surface area contributed by atoms with E-state index in [0.717, 1.165) is 25.3 Å². The summed E-state index contributed by atoms with van der Waals surface area (Å²) in [5.41, 5.74) is 5.53. The van der Waals surface area contributed by atoms with Crippen LogP contribution in [0.25, 0.3) is 0 Å². The van der Waals surface area contributed by atoms with Crippen molar-refractivity contribution in [2.45, 2.75) is 43.2 Å². The predicted molar refractivity (Wildman–Crippen MR) is 74.3 cm³/mol. The van der Waals surface area contributed by atoms with Crippen molar-refractivity contribution in [3.8, 4) is 0 Å². The third kappa shape index (κ3) is 2.94. The SMILES string of the molecule is COC1CCCC1NS(=O)(=O)c1cc(C)c(F)c(N)c1. The van der Waals surface area contributed by atoms with Crippen molar-refractivity contribution in [3.63, 3.8) is 0 Å². The highest BCUT2D eigenvalue weighted by Gasteiger charge is 2.31. The Morgan fingerprint density at radius 3 is 2.70 bits per heavy atom. The molecule has 1 aromatic carbocycles. The van der Waals surface area contributed by atoms with Crippen molar-refractivity contribution in [3.05, 3.63) is 23.5 Å². The Bertz CT molecular complexity index is 581. The van der Waals surface area contributed by atoms with E-state index in [4.69, 9.17) is 10.5 Å². The van der Waals surface area contributed by atoms with E-state index in [0.29, 0.717) is 0 Å². The zero-order chi connectivity index (χ0) is 14.9. The van der Waals surface area contributed by atoms with Crippen LogP contribution in [0.2, 0.25) is 0 Å². The number of hydrogen-bond donors (Lipinski definition) is 2. The number of sulfonamides is 1. The van der Waals surface area contributed by atoms with E-state index in [1.807, 2.05) is 0 Å². The van der Waals surface area contributed by atoms with Crippen molar-refractivity contribution < 1.29 is 17.5 Å². The van der Waals surface area contributed by atoms with E-state index in [1.54, 1.807) is 7.11 Å². The summed E-state index contributed by atoms with van der Waals surface area (Å²) in [6.07, 6.45) is 2.35. The minimum absolute atomic E-state index is 0.0179. The van der Waals surface area contributed by atoms with Gasteiger partial charge in [-0.05, 0) is 43.9 Å². The van der Waals surface area contributed by atoms with E-state index in [2.05, 4.69) is 4.72 Å². The Hall–Kier alpha value is -1.18. The first-order valence-electron chi connectivity index (χ1n) is 6.46. The smallest absolute Gasteiger partial charge is 0.240 e. The molecule has 0 saturated heterocycles. The monoisotopic (exact) mass is 302 g/mol. The fourth-order valence-electron chi connectivity index (χ4n) is 2.53. The second-order valence-electron chi connectivity index (χ2n) is 5.08. The van der Waals surface area contributed by atoms with Gasteiger partial charge in [0.1, 0.15) is 5.82 Å². The molecule has 0 amide bonds. The highest BCUT2D eigenvalue weighted by molar-refractivity contribution is 7.89. The average Bonchev–Trinajstić information content (AvgIpc) is 2.81. The van der Waals surface area contributed by atoms with Crippen LogP contribution in [0.3, 0.4) is 0 Å².